The van der Waals surface area contributed by atoms with Gasteiger partial charge in [-0.25, -0.2) is 18.3 Å². The number of amides is 1. The van der Waals surface area contributed by atoms with Gasteiger partial charge in [-0.1, -0.05) is 26.0 Å². The van der Waals surface area contributed by atoms with Crippen molar-refractivity contribution in [2.75, 3.05) is 38.6 Å². The number of benzene rings is 1. The molecular weight excluding hydrogens is 799 g/mol. The molecule has 2 unspecified atom stereocenters. The highest BCUT2D eigenvalue weighted by Crippen LogP contribution is 2.37. The van der Waals surface area contributed by atoms with E-state index in [0.29, 0.717) is 32.4 Å². The third kappa shape index (κ3) is 11.6. The van der Waals surface area contributed by atoms with Crippen LogP contribution in [0.2, 0.25) is 0 Å². The summed E-state index contributed by atoms with van der Waals surface area (Å²) >= 11 is 0. The summed E-state index contributed by atoms with van der Waals surface area (Å²) in [4.78, 5) is 31.4. The van der Waals surface area contributed by atoms with Crippen molar-refractivity contribution >= 4 is 17.7 Å². The fourth-order valence-electron chi connectivity index (χ4n) is 9.33. The molecule has 1 aromatic carbocycles. The van der Waals surface area contributed by atoms with E-state index in [-0.39, 0.29) is 49.7 Å². The lowest BCUT2D eigenvalue weighted by Gasteiger charge is -2.45. The minimum Gasteiger partial charge on any atom is -0.459 e. The van der Waals surface area contributed by atoms with Crippen molar-refractivity contribution in [3.63, 3.8) is 0 Å². The van der Waals surface area contributed by atoms with Gasteiger partial charge < -0.3 is 49.2 Å². The predicted octanol–water partition coefficient (Wildman–Crippen LogP) is 3.51. The standard InChI is InChI=1S/C43H68F2N6O10/c1-11-35-43(8,57)38(53)28(6)49(10)20-24(2)19-42(7,56)39(26(4)37(52)27(5)40(54)60-35)61-36-18-31(16-25(3)58-36)48(9)15-14-29-21-50(47-46-29)22-32-23-51(41(55)59-32)30-12-13-33(44)34(45)17-30/h12-13,17,21,24-28,31-32,35-39,52-53,56-57H,11,14-16,18-20,22-23H2,1-10H3/t24-,25-,26+,27-,28-,31+,32+,35-,36+,37+,38-,39?,42-,43?/m1/s1. The normalized spacial score (nSPS) is 37.6. The Bertz CT molecular complexity index is 1790. The van der Waals surface area contributed by atoms with Gasteiger partial charge in [0.15, 0.2) is 17.9 Å². The van der Waals surface area contributed by atoms with Gasteiger partial charge in [0.25, 0.3) is 0 Å². The molecule has 1 amide bonds. The number of rotatable bonds is 10. The van der Waals surface area contributed by atoms with Gasteiger partial charge in [-0.15, -0.1) is 5.10 Å². The van der Waals surface area contributed by atoms with Gasteiger partial charge in [-0.3, -0.25) is 9.69 Å². The molecule has 1 aromatic heterocycles. The Morgan fingerprint density at radius 3 is 2.39 bits per heavy atom. The number of hydrogen-bond donors (Lipinski definition) is 4. The van der Waals surface area contributed by atoms with Crippen LogP contribution in [0.15, 0.2) is 24.4 Å². The number of halogens is 2. The van der Waals surface area contributed by atoms with E-state index in [1.165, 1.54) is 17.9 Å². The summed E-state index contributed by atoms with van der Waals surface area (Å²) in [6, 6.07) is 2.73. The Morgan fingerprint density at radius 2 is 1.72 bits per heavy atom. The third-order valence-corrected chi connectivity index (χ3v) is 13.1. The van der Waals surface area contributed by atoms with Gasteiger partial charge in [0.05, 0.1) is 54.3 Å². The number of anilines is 1. The van der Waals surface area contributed by atoms with E-state index in [2.05, 4.69) is 15.2 Å². The van der Waals surface area contributed by atoms with Crippen molar-refractivity contribution in [1.29, 1.82) is 0 Å². The minimum absolute atomic E-state index is 0.0181. The second-order valence-corrected chi connectivity index (χ2v) is 18.4. The summed E-state index contributed by atoms with van der Waals surface area (Å²) in [5.41, 5.74) is -2.34. The molecule has 344 valence electrons. The van der Waals surface area contributed by atoms with Crippen LogP contribution in [0.25, 0.3) is 0 Å². The van der Waals surface area contributed by atoms with Gasteiger partial charge in [0.1, 0.15) is 23.9 Å². The van der Waals surface area contributed by atoms with Crippen LogP contribution in [0.3, 0.4) is 0 Å². The van der Waals surface area contributed by atoms with Crippen LogP contribution >= 0.6 is 0 Å². The largest absolute Gasteiger partial charge is 0.459 e. The Kier molecular flexibility index (Phi) is 16.0. The average molecular weight is 867 g/mol. The second kappa shape index (κ2) is 20.0. The molecule has 3 saturated heterocycles. The van der Waals surface area contributed by atoms with Crippen LogP contribution in [-0.4, -0.2) is 157 Å². The highest BCUT2D eigenvalue weighted by atomic mass is 19.2. The van der Waals surface area contributed by atoms with Crippen LogP contribution in [-0.2, 0) is 36.7 Å². The minimum atomic E-state index is -1.78. The molecule has 4 N–H and O–H groups in total. The topological polar surface area (TPSA) is 192 Å². The first-order valence-electron chi connectivity index (χ1n) is 21.6. The van der Waals surface area contributed by atoms with Crippen LogP contribution in [0, 0.1) is 29.4 Å². The van der Waals surface area contributed by atoms with Gasteiger partial charge >= 0.3 is 12.1 Å². The maximum Gasteiger partial charge on any atom is 0.414 e. The zero-order valence-corrected chi connectivity index (χ0v) is 37.3. The van der Waals surface area contributed by atoms with Crippen molar-refractivity contribution in [3.8, 4) is 0 Å². The lowest BCUT2D eigenvalue weighted by atomic mass is 9.78. The molecule has 0 saturated carbocycles. The summed E-state index contributed by atoms with van der Waals surface area (Å²) in [5.74, 6) is -4.73. The molecule has 61 heavy (non-hydrogen) atoms. The summed E-state index contributed by atoms with van der Waals surface area (Å²) < 4.78 is 53.1. The Balaban J connectivity index is 1.24. The zero-order chi connectivity index (χ0) is 45.1. The number of carbonyl (C=O) groups excluding carboxylic acids is 2. The van der Waals surface area contributed by atoms with E-state index in [9.17, 15) is 38.8 Å². The molecule has 0 aliphatic carbocycles. The molecule has 4 heterocycles. The van der Waals surface area contributed by atoms with Crippen molar-refractivity contribution in [2.24, 2.45) is 17.8 Å². The van der Waals surface area contributed by atoms with Crippen molar-refractivity contribution in [2.45, 2.75) is 160 Å². The number of carbonyl (C=O) groups is 2. The fraction of sp³-hybridized carbons (Fsp3) is 0.767. The lowest BCUT2D eigenvalue weighted by molar-refractivity contribution is -0.267. The van der Waals surface area contributed by atoms with Crippen LogP contribution < -0.4 is 4.90 Å². The van der Waals surface area contributed by atoms with Gasteiger partial charge in [0.2, 0.25) is 0 Å². The number of aliphatic hydroxyl groups excluding tert-OH is 2. The fourth-order valence-corrected chi connectivity index (χ4v) is 9.33. The first-order valence-corrected chi connectivity index (χ1v) is 21.6. The first-order chi connectivity index (χ1) is 28.5. The molecular formula is C43H68F2N6O10. The zero-order valence-electron chi connectivity index (χ0n) is 37.3. The molecule has 3 fully saturated rings. The van der Waals surface area contributed by atoms with Crippen LogP contribution in [0.1, 0.15) is 86.8 Å². The van der Waals surface area contributed by atoms with E-state index < -0.39 is 89.6 Å². The van der Waals surface area contributed by atoms with Gasteiger partial charge in [-0.2, -0.15) is 0 Å². The van der Waals surface area contributed by atoms with E-state index >= 15 is 0 Å². The number of nitrogens with zero attached hydrogens (tertiary/aromatic N) is 6. The number of esters is 1. The second-order valence-electron chi connectivity index (χ2n) is 18.4. The number of aliphatic hydroxyl groups is 4. The first kappa shape index (κ1) is 48.7. The van der Waals surface area contributed by atoms with Crippen LogP contribution in [0.5, 0.6) is 0 Å². The molecule has 3 aliphatic rings. The quantitative estimate of drug-likeness (QED) is 0.254. The SMILES string of the molecule is CC[C@H]1OC(=O)[C@H](C)[C@@H](O)[C@H](C)C(O[C@H]2C[C@@H](N(C)CCc3cn(C[C@H]4CN(c5ccc(F)c(F)c5)C(=O)O4)nn3)C[C@@H](C)O2)[C@](C)(O)C[C@@H](C)CN(C)[C@H](C)[C@@H](O)C1(C)O. The van der Waals surface area contributed by atoms with E-state index in [4.69, 9.17) is 18.9 Å². The monoisotopic (exact) mass is 866 g/mol. The summed E-state index contributed by atoms with van der Waals surface area (Å²) in [6.07, 6.45) is -2.75. The number of cyclic esters (lactones) is 2. The molecule has 0 spiro atoms. The Hall–Kier alpha value is -3.36. The number of likely N-dealkylation sites (N-methyl/N-ethyl adjacent to an activating group) is 2. The molecule has 3 aliphatic heterocycles. The molecule has 18 heteroatoms. The van der Waals surface area contributed by atoms with Crippen molar-refractivity contribution in [1.82, 2.24) is 24.8 Å². The summed E-state index contributed by atoms with van der Waals surface area (Å²) in [7, 11) is 3.84. The lowest BCUT2D eigenvalue weighted by Crippen LogP contribution is -2.59. The summed E-state index contributed by atoms with van der Waals surface area (Å²) in [6.45, 7) is 15.4. The molecule has 0 radical (unpaired) electrons. The highest BCUT2D eigenvalue weighted by Gasteiger charge is 2.49. The smallest absolute Gasteiger partial charge is 0.414 e. The van der Waals surface area contributed by atoms with Crippen molar-refractivity contribution < 1.29 is 57.7 Å². The highest BCUT2D eigenvalue weighted by molar-refractivity contribution is 5.89. The molecule has 16 nitrogen and oxygen atoms in total. The molecule has 2 aromatic rings. The maximum atomic E-state index is 13.8. The van der Waals surface area contributed by atoms with Crippen LogP contribution in [0.4, 0.5) is 19.3 Å². The maximum absolute atomic E-state index is 13.8. The molecule has 14 atom stereocenters. The van der Waals surface area contributed by atoms with E-state index in [1.54, 1.807) is 45.5 Å². The van der Waals surface area contributed by atoms with E-state index in [1.807, 2.05) is 32.8 Å². The third-order valence-electron chi connectivity index (χ3n) is 13.1. The molecule has 5 rings (SSSR count). The van der Waals surface area contributed by atoms with Crippen molar-refractivity contribution in [3.05, 3.63) is 41.7 Å². The van der Waals surface area contributed by atoms with Gasteiger partial charge in [0, 0.05) is 56.2 Å². The molecule has 0 bridgehead atoms. The van der Waals surface area contributed by atoms with Gasteiger partial charge in [-0.05, 0) is 86.0 Å². The Labute approximate surface area is 358 Å². The Morgan fingerprint density at radius 1 is 1.02 bits per heavy atom. The average Bonchev–Trinajstić information content (AvgIpc) is 3.81. The van der Waals surface area contributed by atoms with E-state index in [0.717, 1.165) is 17.8 Å². The summed E-state index contributed by atoms with van der Waals surface area (Å²) in [5, 5.41) is 55.3. The number of aromatic nitrogens is 3. The number of ether oxygens (including phenoxy) is 4. The number of hydrogen-bond acceptors (Lipinski definition) is 14. The predicted molar refractivity (Wildman–Crippen MR) is 220 cm³/mol.